The summed E-state index contributed by atoms with van der Waals surface area (Å²) in [6.07, 6.45) is 0.698. The van der Waals surface area contributed by atoms with Crippen molar-refractivity contribution in [2.24, 2.45) is 5.73 Å². The van der Waals surface area contributed by atoms with Crippen molar-refractivity contribution in [3.8, 4) is 0 Å². The average molecular weight is 222 g/mol. The summed E-state index contributed by atoms with van der Waals surface area (Å²) in [5, 5.41) is 0. The quantitative estimate of drug-likeness (QED) is 0.776. The van der Waals surface area contributed by atoms with Gasteiger partial charge in [0.1, 0.15) is 5.82 Å². The number of benzene rings is 1. The van der Waals surface area contributed by atoms with Gasteiger partial charge in [0.2, 0.25) is 5.91 Å². The van der Waals surface area contributed by atoms with Crippen molar-refractivity contribution in [3.05, 3.63) is 35.1 Å². The molecule has 1 aromatic rings. The summed E-state index contributed by atoms with van der Waals surface area (Å²) in [5.41, 5.74) is 6.97. The van der Waals surface area contributed by atoms with Gasteiger partial charge in [-0.2, -0.15) is 0 Å². The first kappa shape index (κ1) is 11.1. The van der Waals surface area contributed by atoms with E-state index in [0.29, 0.717) is 18.5 Å². The van der Waals surface area contributed by atoms with Gasteiger partial charge in [0.25, 0.3) is 0 Å². The maximum absolute atomic E-state index is 13.7. The van der Waals surface area contributed by atoms with Crippen molar-refractivity contribution >= 4 is 5.91 Å². The summed E-state index contributed by atoms with van der Waals surface area (Å²) < 4.78 is 13.7. The van der Waals surface area contributed by atoms with Gasteiger partial charge in [-0.3, -0.25) is 4.79 Å². The van der Waals surface area contributed by atoms with Gasteiger partial charge in [0, 0.05) is 12.1 Å². The van der Waals surface area contributed by atoms with Crippen LogP contribution in [0.3, 0.4) is 0 Å². The molecular weight excluding hydrogens is 207 g/mol. The molecule has 0 fully saturated rings. The molecule has 1 aliphatic rings. The molecule has 0 bridgehead atoms. The van der Waals surface area contributed by atoms with Gasteiger partial charge >= 0.3 is 0 Å². The van der Waals surface area contributed by atoms with Crippen LogP contribution in [-0.4, -0.2) is 23.9 Å². The van der Waals surface area contributed by atoms with Crippen LogP contribution >= 0.6 is 0 Å². The number of carbonyl (C=O) groups excluding carboxylic acids is 1. The zero-order chi connectivity index (χ0) is 11.7. The predicted molar refractivity (Wildman–Crippen MR) is 59.3 cm³/mol. The smallest absolute Gasteiger partial charge is 0.236 e. The van der Waals surface area contributed by atoms with Crippen LogP contribution in [0.5, 0.6) is 0 Å². The summed E-state index contributed by atoms with van der Waals surface area (Å²) >= 11 is 0. The third kappa shape index (κ3) is 1.69. The molecule has 4 heteroatoms. The van der Waals surface area contributed by atoms with Crippen LogP contribution in [-0.2, 0) is 11.2 Å². The van der Waals surface area contributed by atoms with Crippen molar-refractivity contribution in [1.29, 1.82) is 0 Å². The molecule has 2 rings (SSSR count). The summed E-state index contributed by atoms with van der Waals surface area (Å²) in [6.45, 7) is 2.44. The van der Waals surface area contributed by atoms with Crippen LogP contribution in [0.15, 0.2) is 18.2 Å². The first-order chi connectivity index (χ1) is 7.65. The first-order valence-electron chi connectivity index (χ1n) is 5.42. The number of nitrogens with zero attached hydrogens (tertiary/aromatic N) is 1. The van der Waals surface area contributed by atoms with E-state index >= 15 is 0 Å². The van der Waals surface area contributed by atoms with E-state index in [9.17, 15) is 9.18 Å². The summed E-state index contributed by atoms with van der Waals surface area (Å²) in [6, 6.07) is 4.84. The number of hydrogen-bond donors (Lipinski definition) is 1. The molecule has 86 valence electrons. The van der Waals surface area contributed by atoms with Crippen molar-refractivity contribution in [1.82, 2.24) is 4.90 Å². The Balaban J connectivity index is 2.38. The van der Waals surface area contributed by atoms with Gasteiger partial charge < -0.3 is 10.6 Å². The van der Waals surface area contributed by atoms with Gasteiger partial charge in [-0.1, -0.05) is 12.1 Å². The van der Waals surface area contributed by atoms with Gasteiger partial charge in [-0.15, -0.1) is 0 Å². The number of fused-ring (bicyclic) bond motifs is 1. The Morgan fingerprint density at radius 3 is 3.06 bits per heavy atom. The molecule has 0 aliphatic carbocycles. The van der Waals surface area contributed by atoms with Crippen molar-refractivity contribution in [2.45, 2.75) is 19.4 Å². The lowest BCUT2D eigenvalue weighted by Crippen LogP contribution is -2.42. The topological polar surface area (TPSA) is 46.3 Å². The summed E-state index contributed by atoms with van der Waals surface area (Å²) in [5.74, 6) is -0.360. The maximum atomic E-state index is 13.7. The predicted octanol–water partition coefficient (Wildman–Crippen LogP) is 1.23. The van der Waals surface area contributed by atoms with Gasteiger partial charge in [0.05, 0.1) is 12.6 Å². The number of halogens is 1. The van der Waals surface area contributed by atoms with Crippen molar-refractivity contribution < 1.29 is 9.18 Å². The molecule has 0 radical (unpaired) electrons. The van der Waals surface area contributed by atoms with Gasteiger partial charge in [0.15, 0.2) is 0 Å². The number of carbonyl (C=O) groups is 1. The SMILES string of the molecule is C[C@@H]1c2c(F)cccc2CCN1C(=O)CN. The fourth-order valence-electron chi connectivity index (χ4n) is 2.32. The molecule has 1 aromatic carbocycles. The van der Waals surface area contributed by atoms with Crippen LogP contribution in [0, 0.1) is 5.82 Å². The highest BCUT2D eigenvalue weighted by Crippen LogP contribution is 2.31. The minimum atomic E-state index is -0.237. The van der Waals surface area contributed by atoms with Crippen LogP contribution in [0.4, 0.5) is 4.39 Å². The minimum absolute atomic E-state index is 0.0197. The van der Waals surface area contributed by atoms with Gasteiger partial charge in [-0.25, -0.2) is 4.39 Å². The molecule has 3 nitrogen and oxygen atoms in total. The fraction of sp³-hybridized carbons (Fsp3) is 0.417. The zero-order valence-electron chi connectivity index (χ0n) is 9.24. The molecule has 0 spiro atoms. The Hall–Kier alpha value is -1.42. The third-order valence-corrected chi connectivity index (χ3v) is 3.15. The highest BCUT2D eigenvalue weighted by molar-refractivity contribution is 5.78. The molecule has 0 saturated carbocycles. The first-order valence-corrected chi connectivity index (χ1v) is 5.42. The molecule has 1 aliphatic heterocycles. The Morgan fingerprint density at radius 1 is 1.62 bits per heavy atom. The Morgan fingerprint density at radius 2 is 2.38 bits per heavy atom. The maximum Gasteiger partial charge on any atom is 0.236 e. The van der Waals surface area contributed by atoms with E-state index in [1.165, 1.54) is 6.07 Å². The standard InChI is InChI=1S/C12H15FN2O/c1-8-12-9(3-2-4-10(12)13)5-6-15(8)11(16)7-14/h2-4,8H,5-7,14H2,1H3/t8-/m1/s1. The van der Waals surface area contributed by atoms with Crippen LogP contribution in [0.1, 0.15) is 24.1 Å². The number of hydrogen-bond acceptors (Lipinski definition) is 2. The highest BCUT2D eigenvalue weighted by atomic mass is 19.1. The molecule has 1 atom stereocenters. The molecule has 16 heavy (non-hydrogen) atoms. The second-order valence-electron chi connectivity index (χ2n) is 4.03. The zero-order valence-corrected chi connectivity index (χ0v) is 9.24. The third-order valence-electron chi connectivity index (χ3n) is 3.15. The lowest BCUT2D eigenvalue weighted by atomic mass is 9.93. The van der Waals surface area contributed by atoms with Crippen LogP contribution in [0.2, 0.25) is 0 Å². The van der Waals surface area contributed by atoms with Gasteiger partial charge in [-0.05, 0) is 25.0 Å². The number of rotatable bonds is 1. The fourth-order valence-corrected chi connectivity index (χ4v) is 2.32. The van der Waals surface area contributed by atoms with Crippen LogP contribution < -0.4 is 5.73 Å². The van der Waals surface area contributed by atoms with E-state index in [-0.39, 0.29) is 24.3 Å². The normalized spacial score (nSPS) is 19.4. The average Bonchev–Trinajstić information content (AvgIpc) is 2.28. The molecule has 0 unspecified atom stereocenters. The van der Waals surface area contributed by atoms with E-state index in [1.807, 2.05) is 13.0 Å². The van der Waals surface area contributed by atoms with E-state index < -0.39 is 0 Å². The highest BCUT2D eigenvalue weighted by Gasteiger charge is 2.28. The molecule has 1 amide bonds. The summed E-state index contributed by atoms with van der Waals surface area (Å²) in [4.78, 5) is 13.2. The lowest BCUT2D eigenvalue weighted by Gasteiger charge is -2.35. The summed E-state index contributed by atoms with van der Waals surface area (Å²) in [7, 11) is 0. The lowest BCUT2D eigenvalue weighted by molar-refractivity contribution is -0.132. The van der Waals surface area contributed by atoms with E-state index in [0.717, 1.165) is 5.56 Å². The number of amides is 1. The molecular formula is C12H15FN2O. The van der Waals surface area contributed by atoms with E-state index in [2.05, 4.69) is 0 Å². The molecule has 0 saturated heterocycles. The Labute approximate surface area is 94.0 Å². The second-order valence-corrected chi connectivity index (χ2v) is 4.03. The second kappa shape index (κ2) is 4.22. The van der Waals surface area contributed by atoms with E-state index in [1.54, 1.807) is 11.0 Å². The molecule has 1 heterocycles. The number of nitrogens with two attached hydrogens (primary N) is 1. The largest absolute Gasteiger partial charge is 0.334 e. The Kier molecular flexibility index (Phi) is 2.92. The van der Waals surface area contributed by atoms with Crippen molar-refractivity contribution in [2.75, 3.05) is 13.1 Å². The van der Waals surface area contributed by atoms with Crippen LogP contribution in [0.25, 0.3) is 0 Å². The Bertz CT molecular complexity index is 419. The monoisotopic (exact) mass is 222 g/mol. The van der Waals surface area contributed by atoms with E-state index in [4.69, 9.17) is 5.73 Å². The molecule has 2 N–H and O–H groups in total. The van der Waals surface area contributed by atoms with Crippen molar-refractivity contribution in [3.63, 3.8) is 0 Å². The molecule has 0 aromatic heterocycles. The minimum Gasteiger partial charge on any atom is -0.334 e.